The molecule has 0 aliphatic carbocycles. The molecule has 0 N–H and O–H groups in total. The number of hydrogen-bond donors (Lipinski definition) is 0. The zero-order valence-electron chi connectivity index (χ0n) is 17.3. The molecule has 0 saturated carbocycles. The van der Waals surface area contributed by atoms with Crippen molar-refractivity contribution >= 4 is 27.8 Å². The van der Waals surface area contributed by atoms with Crippen LogP contribution < -0.4 is 18.9 Å². The van der Waals surface area contributed by atoms with Crippen molar-refractivity contribution in [3.63, 3.8) is 0 Å². The van der Waals surface area contributed by atoms with E-state index in [1.165, 1.54) is 0 Å². The molecule has 0 unspecified atom stereocenters. The van der Waals surface area contributed by atoms with E-state index in [2.05, 4.69) is 0 Å². The molecule has 4 aromatic carbocycles. The zero-order valence-corrected chi connectivity index (χ0v) is 17.3. The minimum atomic E-state index is 0.557. The van der Waals surface area contributed by atoms with Crippen LogP contribution in [0.25, 0.3) is 32.7 Å². The number of ether oxygens (including phenoxy) is 4. The highest BCUT2D eigenvalue weighted by atomic mass is 16.5. The molecule has 0 spiro atoms. The van der Waals surface area contributed by atoms with E-state index < -0.39 is 0 Å². The molecule has 0 aliphatic rings. The van der Waals surface area contributed by atoms with Crippen LogP contribution in [0.15, 0.2) is 54.6 Å². The Morgan fingerprint density at radius 2 is 1.00 bits per heavy atom. The number of carbonyl (C=O) groups is 1. The molecule has 0 fully saturated rings. The molecule has 152 valence electrons. The lowest BCUT2D eigenvalue weighted by Crippen LogP contribution is -1.98. The Labute approximate surface area is 174 Å². The average Bonchev–Trinajstić information content (AvgIpc) is 2.81. The molecule has 5 nitrogen and oxygen atoms in total. The molecule has 30 heavy (non-hydrogen) atoms. The van der Waals surface area contributed by atoms with Crippen molar-refractivity contribution in [3.05, 3.63) is 60.2 Å². The van der Waals surface area contributed by atoms with E-state index in [0.29, 0.717) is 28.6 Å². The Morgan fingerprint density at radius 1 is 0.600 bits per heavy atom. The Morgan fingerprint density at radius 3 is 1.37 bits per heavy atom. The standard InChI is InChI=1S/C25H22O5/c1-27-21-10-16-18(12-23(21)29-3)25(15-8-6-5-7-9-15)19-13-24(30-4)22(28-2)11-17(19)20(16)14-26/h5-14H,1-4H3. The van der Waals surface area contributed by atoms with Gasteiger partial charge in [-0.25, -0.2) is 0 Å². The molecule has 0 aliphatic heterocycles. The minimum Gasteiger partial charge on any atom is -0.493 e. The molecule has 0 saturated heterocycles. The van der Waals surface area contributed by atoms with Gasteiger partial charge in [0.1, 0.15) is 0 Å². The Hall–Kier alpha value is -3.73. The molecular weight excluding hydrogens is 380 g/mol. The van der Waals surface area contributed by atoms with Crippen LogP contribution in [0.5, 0.6) is 23.0 Å². The molecule has 4 aromatic rings. The first-order valence-electron chi connectivity index (χ1n) is 9.44. The van der Waals surface area contributed by atoms with Gasteiger partial charge in [-0.1, -0.05) is 30.3 Å². The smallest absolute Gasteiger partial charge is 0.161 e. The van der Waals surface area contributed by atoms with E-state index in [4.69, 9.17) is 18.9 Å². The number of hydrogen-bond acceptors (Lipinski definition) is 5. The van der Waals surface area contributed by atoms with Gasteiger partial charge in [0.2, 0.25) is 0 Å². The lowest BCUT2D eigenvalue weighted by atomic mass is 9.88. The van der Waals surface area contributed by atoms with Crippen LogP contribution in [0.2, 0.25) is 0 Å². The summed E-state index contributed by atoms with van der Waals surface area (Å²) in [5.41, 5.74) is 2.55. The molecule has 0 amide bonds. The van der Waals surface area contributed by atoms with E-state index in [0.717, 1.165) is 39.0 Å². The summed E-state index contributed by atoms with van der Waals surface area (Å²) in [5.74, 6) is 2.32. The van der Waals surface area contributed by atoms with Crippen LogP contribution in [-0.2, 0) is 0 Å². The molecule has 0 aromatic heterocycles. The predicted octanol–water partition coefficient (Wildman–Crippen LogP) is 5.51. The summed E-state index contributed by atoms with van der Waals surface area (Å²) < 4.78 is 22.1. The normalized spacial score (nSPS) is 10.8. The highest BCUT2D eigenvalue weighted by Crippen LogP contribution is 2.45. The predicted molar refractivity (Wildman–Crippen MR) is 118 cm³/mol. The molecule has 4 rings (SSSR count). The van der Waals surface area contributed by atoms with Crippen LogP contribution >= 0.6 is 0 Å². The highest BCUT2D eigenvalue weighted by Gasteiger charge is 2.20. The molecule has 0 radical (unpaired) electrons. The number of carbonyl (C=O) groups excluding carboxylic acids is 1. The van der Waals surface area contributed by atoms with Gasteiger partial charge in [-0.05, 0) is 56.9 Å². The fraction of sp³-hybridized carbons (Fsp3) is 0.160. The average molecular weight is 402 g/mol. The molecular formula is C25H22O5. The fourth-order valence-corrected chi connectivity index (χ4v) is 3.95. The first kappa shape index (κ1) is 19.6. The van der Waals surface area contributed by atoms with Crippen LogP contribution in [0.1, 0.15) is 10.4 Å². The van der Waals surface area contributed by atoms with Crippen molar-refractivity contribution in [2.24, 2.45) is 0 Å². The second-order valence-electron chi connectivity index (χ2n) is 6.78. The quantitative estimate of drug-likeness (QED) is 0.315. The van der Waals surface area contributed by atoms with Crippen molar-refractivity contribution < 1.29 is 23.7 Å². The fourth-order valence-electron chi connectivity index (χ4n) is 3.95. The van der Waals surface area contributed by atoms with Gasteiger partial charge in [0.15, 0.2) is 29.3 Å². The van der Waals surface area contributed by atoms with Crippen molar-refractivity contribution in [2.45, 2.75) is 0 Å². The number of benzene rings is 4. The van der Waals surface area contributed by atoms with Crippen LogP contribution in [-0.4, -0.2) is 34.7 Å². The monoisotopic (exact) mass is 402 g/mol. The molecule has 0 atom stereocenters. The zero-order chi connectivity index (χ0) is 21.3. The summed E-state index contributed by atoms with van der Waals surface area (Å²) in [6.07, 6.45) is 0.872. The van der Waals surface area contributed by atoms with Crippen LogP contribution in [0, 0.1) is 0 Å². The Balaban J connectivity index is 2.29. The third-order valence-corrected chi connectivity index (χ3v) is 5.35. The van der Waals surface area contributed by atoms with Crippen molar-refractivity contribution in [1.82, 2.24) is 0 Å². The van der Waals surface area contributed by atoms with Crippen molar-refractivity contribution in [2.75, 3.05) is 28.4 Å². The van der Waals surface area contributed by atoms with E-state index >= 15 is 0 Å². The third-order valence-electron chi connectivity index (χ3n) is 5.35. The summed E-state index contributed by atoms with van der Waals surface area (Å²) in [5, 5.41) is 3.34. The topological polar surface area (TPSA) is 54.0 Å². The van der Waals surface area contributed by atoms with Gasteiger partial charge >= 0.3 is 0 Å². The van der Waals surface area contributed by atoms with E-state index in [-0.39, 0.29) is 0 Å². The maximum absolute atomic E-state index is 12.2. The first-order valence-corrected chi connectivity index (χ1v) is 9.44. The van der Waals surface area contributed by atoms with Crippen molar-refractivity contribution in [1.29, 1.82) is 0 Å². The van der Waals surface area contributed by atoms with E-state index in [1.807, 2.05) is 54.6 Å². The minimum absolute atomic E-state index is 0.557. The van der Waals surface area contributed by atoms with Crippen molar-refractivity contribution in [3.8, 4) is 34.1 Å². The maximum Gasteiger partial charge on any atom is 0.161 e. The van der Waals surface area contributed by atoms with Gasteiger partial charge in [-0.3, -0.25) is 4.79 Å². The highest BCUT2D eigenvalue weighted by molar-refractivity contribution is 6.21. The number of aldehydes is 1. The lowest BCUT2D eigenvalue weighted by molar-refractivity contribution is 0.112. The summed E-state index contributed by atoms with van der Waals surface area (Å²) in [6.45, 7) is 0. The van der Waals surface area contributed by atoms with E-state index in [1.54, 1.807) is 28.4 Å². The van der Waals surface area contributed by atoms with Gasteiger partial charge < -0.3 is 18.9 Å². The van der Waals surface area contributed by atoms with Gasteiger partial charge in [-0.15, -0.1) is 0 Å². The second-order valence-corrected chi connectivity index (χ2v) is 6.78. The number of rotatable bonds is 6. The maximum atomic E-state index is 12.2. The van der Waals surface area contributed by atoms with Gasteiger partial charge in [0.25, 0.3) is 0 Å². The SMILES string of the molecule is COc1cc2c(C=O)c3cc(OC)c(OC)cc3c(-c3ccccc3)c2cc1OC. The molecule has 0 bridgehead atoms. The van der Waals surface area contributed by atoms with Crippen LogP contribution in [0.3, 0.4) is 0 Å². The summed E-state index contributed by atoms with van der Waals surface area (Å²) >= 11 is 0. The molecule has 5 heteroatoms. The second kappa shape index (κ2) is 7.95. The Bertz CT molecular complexity index is 1170. The third kappa shape index (κ3) is 2.99. The summed E-state index contributed by atoms with van der Waals surface area (Å²) in [6, 6.07) is 17.6. The van der Waals surface area contributed by atoms with E-state index in [9.17, 15) is 4.79 Å². The summed E-state index contributed by atoms with van der Waals surface area (Å²) in [4.78, 5) is 12.2. The Kier molecular flexibility index (Phi) is 5.19. The largest absolute Gasteiger partial charge is 0.493 e. The van der Waals surface area contributed by atoms with Gasteiger partial charge in [-0.2, -0.15) is 0 Å². The summed E-state index contributed by atoms with van der Waals surface area (Å²) in [7, 11) is 6.36. The molecule has 0 heterocycles. The number of fused-ring (bicyclic) bond motifs is 2. The lowest BCUT2D eigenvalue weighted by Gasteiger charge is -2.19. The van der Waals surface area contributed by atoms with Gasteiger partial charge in [0, 0.05) is 5.56 Å². The number of methoxy groups -OCH3 is 4. The first-order chi connectivity index (χ1) is 14.7. The van der Waals surface area contributed by atoms with Gasteiger partial charge in [0.05, 0.1) is 28.4 Å². The van der Waals surface area contributed by atoms with Crippen LogP contribution in [0.4, 0.5) is 0 Å².